The Hall–Kier alpha value is -1.39. The third-order valence-corrected chi connectivity index (χ3v) is 2.41. The van der Waals surface area contributed by atoms with Gasteiger partial charge in [-0.3, -0.25) is 4.79 Å². The molecule has 0 heterocycles. The summed E-state index contributed by atoms with van der Waals surface area (Å²) >= 11 is 0. The molecule has 0 aliphatic heterocycles. The van der Waals surface area contributed by atoms with Gasteiger partial charge in [0.1, 0.15) is 6.10 Å². The van der Waals surface area contributed by atoms with Crippen molar-refractivity contribution >= 4 is 5.91 Å². The van der Waals surface area contributed by atoms with E-state index in [4.69, 9.17) is 4.74 Å². The molecule has 0 aromatic heterocycles. The highest BCUT2D eigenvalue weighted by atomic mass is 16.5. The monoisotopic (exact) mass is 251 g/mol. The van der Waals surface area contributed by atoms with Crippen LogP contribution in [0, 0.1) is 0 Å². The van der Waals surface area contributed by atoms with Crippen molar-refractivity contribution in [1.29, 1.82) is 0 Å². The van der Waals surface area contributed by atoms with Crippen LogP contribution in [0.25, 0.3) is 0 Å². The molecule has 1 aromatic rings. The van der Waals surface area contributed by atoms with Crippen LogP contribution in [0.4, 0.5) is 0 Å². The maximum absolute atomic E-state index is 11.7. The van der Waals surface area contributed by atoms with Crippen molar-refractivity contribution in [3.05, 3.63) is 35.9 Å². The first-order valence-corrected chi connectivity index (χ1v) is 6.04. The lowest BCUT2D eigenvalue weighted by Gasteiger charge is -2.19. The summed E-state index contributed by atoms with van der Waals surface area (Å²) in [5.74, 6) is -0.215. The zero-order chi connectivity index (χ0) is 13.6. The van der Waals surface area contributed by atoms with Crippen molar-refractivity contribution in [2.45, 2.75) is 39.1 Å². The normalized spacial score (nSPS) is 13.1. The molecule has 2 N–H and O–H groups in total. The summed E-state index contributed by atoms with van der Waals surface area (Å²) in [5, 5.41) is 12.1. The standard InChI is InChI=1S/C14H21NO3/c1-11(13(16)15-10-14(2,3)17)18-9-12-7-5-4-6-8-12/h4-8,11,17H,9-10H2,1-3H3,(H,15,16). The number of hydrogen-bond acceptors (Lipinski definition) is 3. The lowest BCUT2D eigenvalue weighted by Crippen LogP contribution is -2.42. The SMILES string of the molecule is CC(OCc1ccccc1)C(=O)NCC(C)(C)O. The van der Waals surface area contributed by atoms with Crippen LogP contribution in [0.15, 0.2) is 30.3 Å². The molecule has 100 valence electrons. The van der Waals surface area contributed by atoms with E-state index in [9.17, 15) is 9.90 Å². The second-order valence-corrected chi connectivity index (χ2v) is 4.97. The van der Waals surface area contributed by atoms with Crippen molar-refractivity contribution < 1.29 is 14.6 Å². The average Bonchev–Trinajstić information content (AvgIpc) is 2.33. The number of aliphatic hydroxyl groups is 1. The molecule has 1 aromatic carbocycles. The fourth-order valence-electron chi connectivity index (χ4n) is 1.32. The highest BCUT2D eigenvalue weighted by Gasteiger charge is 2.18. The van der Waals surface area contributed by atoms with Gasteiger partial charge >= 0.3 is 0 Å². The molecule has 4 nitrogen and oxygen atoms in total. The smallest absolute Gasteiger partial charge is 0.248 e. The summed E-state index contributed by atoms with van der Waals surface area (Å²) in [6.07, 6.45) is -0.535. The molecular weight excluding hydrogens is 230 g/mol. The topological polar surface area (TPSA) is 58.6 Å². The van der Waals surface area contributed by atoms with E-state index in [1.54, 1.807) is 20.8 Å². The zero-order valence-electron chi connectivity index (χ0n) is 11.1. The summed E-state index contributed by atoms with van der Waals surface area (Å²) in [6, 6.07) is 9.68. The Morgan fingerprint density at radius 1 is 1.39 bits per heavy atom. The van der Waals surface area contributed by atoms with E-state index in [1.807, 2.05) is 30.3 Å². The lowest BCUT2D eigenvalue weighted by molar-refractivity contribution is -0.133. The van der Waals surface area contributed by atoms with Gasteiger partial charge in [-0.15, -0.1) is 0 Å². The average molecular weight is 251 g/mol. The minimum absolute atomic E-state index is 0.213. The van der Waals surface area contributed by atoms with E-state index in [1.165, 1.54) is 0 Å². The second kappa shape index (κ2) is 6.52. The van der Waals surface area contributed by atoms with Crippen LogP contribution in [0.2, 0.25) is 0 Å². The molecule has 18 heavy (non-hydrogen) atoms. The Morgan fingerprint density at radius 2 is 2.00 bits per heavy atom. The number of rotatable bonds is 6. The van der Waals surface area contributed by atoms with Gasteiger partial charge in [0.15, 0.2) is 0 Å². The number of hydrogen-bond donors (Lipinski definition) is 2. The van der Waals surface area contributed by atoms with E-state index in [0.717, 1.165) is 5.56 Å². The van der Waals surface area contributed by atoms with E-state index >= 15 is 0 Å². The van der Waals surface area contributed by atoms with Gasteiger partial charge < -0.3 is 15.2 Å². The van der Waals surface area contributed by atoms with Crippen molar-refractivity contribution in [2.75, 3.05) is 6.54 Å². The maximum Gasteiger partial charge on any atom is 0.248 e. The molecule has 0 aliphatic rings. The van der Waals surface area contributed by atoms with Gasteiger partial charge in [-0.1, -0.05) is 30.3 Å². The second-order valence-electron chi connectivity index (χ2n) is 4.97. The summed E-state index contributed by atoms with van der Waals surface area (Å²) in [7, 11) is 0. The quantitative estimate of drug-likeness (QED) is 0.805. The summed E-state index contributed by atoms with van der Waals surface area (Å²) < 4.78 is 5.46. The number of carbonyl (C=O) groups is 1. The van der Waals surface area contributed by atoms with E-state index in [-0.39, 0.29) is 12.5 Å². The molecule has 1 unspecified atom stereocenters. The third-order valence-electron chi connectivity index (χ3n) is 2.41. The minimum atomic E-state index is -0.908. The number of benzene rings is 1. The van der Waals surface area contributed by atoms with Crippen molar-refractivity contribution in [3.63, 3.8) is 0 Å². The van der Waals surface area contributed by atoms with E-state index in [2.05, 4.69) is 5.32 Å². The summed E-state index contributed by atoms with van der Waals surface area (Å²) in [6.45, 7) is 5.59. The van der Waals surface area contributed by atoms with Gasteiger partial charge in [0.25, 0.3) is 0 Å². The largest absolute Gasteiger partial charge is 0.389 e. The molecule has 0 saturated carbocycles. The van der Waals surface area contributed by atoms with E-state index < -0.39 is 11.7 Å². The molecule has 0 saturated heterocycles. The van der Waals surface area contributed by atoms with Crippen LogP contribution >= 0.6 is 0 Å². The van der Waals surface area contributed by atoms with Gasteiger partial charge in [0, 0.05) is 6.54 Å². The fourth-order valence-corrected chi connectivity index (χ4v) is 1.32. The van der Waals surface area contributed by atoms with Crippen LogP contribution < -0.4 is 5.32 Å². The molecule has 0 bridgehead atoms. The summed E-state index contributed by atoms with van der Waals surface area (Å²) in [4.78, 5) is 11.7. The Labute approximate surface area is 108 Å². The highest BCUT2D eigenvalue weighted by Crippen LogP contribution is 2.04. The molecule has 1 rings (SSSR count). The highest BCUT2D eigenvalue weighted by molar-refractivity contribution is 5.80. The number of carbonyl (C=O) groups excluding carboxylic acids is 1. The maximum atomic E-state index is 11.7. The Balaban J connectivity index is 2.32. The number of nitrogens with one attached hydrogen (secondary N) is 1. The van der Waals surface area contributed by atoms with Crippen molar-refractivity contribution in [3.8, 4) is 0 Å². The van der Waals surface area contributed by atoms with Crippen LogP contribution in [0.5, 0.6) is 0 Å². The first-order chi connectivity index (χ1) is 8.38. The zero-order valence-corrected chi connectivity index (χ0v) is 11.1. The van der Waals surface area contributed by atoms with Crippen molar-refractivity contribution in [1.82, 2.24) is 5.32 Å². The minimum Gasteiger partial charge on any atom is -0.389 e. The lowest BCUT2D eigenvalue weighted by atomic mass is 10.1. The van der Waals surface area contributed by atoms with Crippen LogP contribution in [-0.2, 0) is 16.1 Å². The molecular formula is C14H21NO3. The molecule has 0 spiro atoms. The molecule has 4 heteroatoms. The molecule has 0 aliphatic carbocycles. The van der Waals surface area contributed by atoms with E-state index in [0.29, 0.717) is 6.61 Å². The predicted octanol–water partition coefficient (Wildman–Crippen LogP) is 1.48. The Morgan fingerprint density at radius 3 is 2.56 bits per heavy atom. The molecule has 0 radical (unpaired) electrons. The van der Waals surface area contributed by atoms with Crippen LogP contribution in [0.3, 0.4) is 0 Å². The first kappa shape index (κ1) is 14.7. The van der Waals surface area contributed by atoms with Gasteiger partial charge in [-0.2, -0.15) is 0 Å². The van der Waals surface area contributed by atoms with Gasteiger partial charge in [-0.05, 0) is 26.3 Å². The Bertz CT molecular complexity index is 370. The van der Waals surface area contributed by atoms with Gasteiger partial charge in [0.2, 0.25) is 5.91 Å². The van der Waals surface area contributed by atoms with Gasteiger partial charge in [-0.25, -0.2) is 0 Å². The Kier molecular flexibility index (Phi) is 5.31. The molecule has 0 fully saturated rings. The number of ether oxygens (including phenoxy) is 1. The molecule has 1 atom stereocenters. The van der Waals surface area contributed by atoms with Gasteiger partial charge in [0.05, 0.1) is 12.2 Å². The third kappa shape index (κ3) is 5.80. The van der Waals surface area contributed by atoms with Crippen LogP contribution in [-0.4, -0.2) is 29.3 Å². The van der Waals surface area contributed by atoms with Crippen LogP contribution in [0.1, 0.15) is 26.3 Å². The predicted molar refractivity (Wildman–Crippen MR) is 70.0 cm³/mol. The first-order valence-electron chi connectivity index (χ1n) is 6.04. The number of amides is 1. The molecule has 1 amide bonds. The van der Waals surface area contributed by atoms with Crippen molar-refractivity contribution in [2.24, 2.45) is 0 Å². The summed E-state index contributed by atoms with van der Waals surface area (Å²) in [5.41, 5.74) is 0.120. The fraction of sp³-hybridized carbons (Fsp3) is 0.500.